The predicted octanol–water partition coefficient (Wildman–Crippen LogP) is 2.68. The minimum atomic E-state index is -3.63. The molecular weight excluding hydrogens is 320 g/mol. The molecule has 18 heavy (non-hydrogen) atoms. The molecule has 96 valence electrons. The molecule has 5 nitrogen and oxygen atoms in total. The van der Waals surface area contributed by atoms with Crippen molar-refractivity contribution in [1.82, 2.24) is 5.16 Å². The van der Waals surface area contributed by atoms with E-state index in [2.05, 4.69) is 25.8 Å². The van der Waals surface area contributed by atoms with E-state index in [0.29, 0.717) is 16.7 Å². The number of hydrogen-bond acceptors (Lipinski definition) is 4. The van der Waals surface area contributed by atoms with Crippen LogP contribution < -0.4 is 4.72 Å². The molecule has 0 atom stereocenters. The van der Waals surface area contributed by atoms with Gasteiger partial charge in [-0.2, -0.15) is 0 Å². The van der Waals surface area contributed by atoms with Crippen molar-refractivity contribution in [2.45, 2.75) is 17.1 Å². The van der Waals surface area contributed by atoms with Crippen molar-refractivity contribution in [2.75, 3.05) is 4.72 Å². The third kappa shape index (κ3) is 2.56. The minimum Gasteiger partial charge on any atom is -0.359 e. The van der Waals surface area contributed by atoms with Gasteiger partial charge in [0.05, 0.1) is 10.5 Å². The molecule has 1 N–H and O–H groups in total. The molecule has 0 aliphatic carbocycles. The minimum absolute atomic E-state index is 0.186. The Kier molecular flexibility index (Phi) is 3.72. The summed E-state index contributed by atoms with van der Waals surface area (Å²) in [5, 5.41) is 4.17. The molecule has 7 heteroatoms. The summed E-state index contributed by atoms with van der Waals surface area (Å²) >= 11 is 3.27. The number of halogens is 1. The van der Waals surface area contributed by atoms with Crippen LogP contribution in [0.4, 0.5) is 5.82 Å². The number of nitrogens with zero attached hydrogens (tertiary/aromatic N) is 1. The van der Waals surface area contributed by atoms with Crippen molar-refractivity contribution in [1.29, 1.82) is 0 Å². The van der Waals surface area contributed by atoms with E-state index < -0.39 is 10.0 Å². The van der Waals surface area contributed by atoms with Crippen LogP contribution in [-0.2, 0) is 15.4 Å². The lowest BCUT2D eigenvalue weighted by molar-refractivity contribution is 0.399. The Bertz CT molecular complexity index is 638. The summed E-state index contributed by atoms with van der Waals surface area (Å²) in [6.07, 6.45) is 0. The molecular formula is C11H11BrN2O3S. The van der Waals surface area contributed by atoms with Crippen LogP contribution in [0.3, 0.4) is 0 Å². The third-order valence-electron chi connectivity index (χ3n) is 2.40. The highest BCUT2D eigenvalue weighted by Gasteiger charge is 2.19. The number of anilines is 1. The molecule has 0 bridgehead atoms. The second-order valence-electron chi connectivity index (χ2n) is 3.62. The van der Waals surface area contributed by atoms with Crippen LogP contribution in [0, 0.1) is 6.92 Å². The van der Waals surface area contributed by atoms with Crippen LogP contribution in [0.5, 0.6) is 0 Å². The Morgan fingerprint density at radius 1 is 1.33 bits per heavy atom. The molecule has 0 aliphatic heterocycles. The molecule has 2 aromatic rings. The lowest BCUT2D eigenvalue weighted by Gasteiger charge is -2.05. The zero-order valence-corrected chi connectivity index (χ0v) is 12.0. The van der Waals surface area contributed by atoms with E-state index in [4.69, 9.17) is 4.52 Å². The predicted molar refractivity (Wildman–Crippen MR) is 71.1 cm³/mol. The topological polar surface area (TPSA) is 72.2 Å². The van der Waals surface area contributed by atoms with Crippen molar-refractivity contribution in [3.8, 4) is 0 Å². The van der Waals surface area contributed by atoms with Gasteiger partial charge in [0, 0.05) is 5.33 Å². The molecule has 1 aromatic heterocycles. The van der Waals surface area contributed by atoms with Gasteiger partial charge in [0.25, 0.3) is 10.0 Å². The van der Waals surface area contributed by atoms with Crippen LogP contribution in [0.25, 0.3) is 0 Å². The van der Waals surface area contributed by atoms with Gasteiger partial charge in [-0.15, -0.1) is 0 Å². The summed E-state index contributed by atoms with van der Waals surface area (Å²) in [7, 11) is -3.63. The van der Waals surface area contributed by atoms with Crippen LogP contribution >= 0.6 is 15.9 Å². The van der Waals surface area contributed by atoms with Gasteiger partial charge >= 0.3 is 0 Å². The number of sulfonamides is 1. The summed E-state index contributed by atoms with van der Waals surface area (Å²) < 4.78 is 31.5. The molecule has 0 saturated carbocycles. The molecule has 0 aliphatic rings. The van der Waals surface area contributed by atoms with Crippen LogP contribution in [0.15, 0.2) is 39.8 Å². The highest BCUT2D eigenvalue weighted by Crippen LogP contribution is 2.23. The molecule has 0 radical (unpaired) electrons. The van der Waals surface area contributed by atoms with E-state index >= 15 is 0 Å². The Balaban J connectivity index is 2.34. The zero-order chi connectivity index (χ0) is 13.2. The molecule has 2 rings (SSSR count). The van der Waals surface area contributed by atoms with Gasteiger partial charge in [0.2, 0.25) is 0 Å². The van der Waals surface area contributed by atoms with E-state index in [9.17, 15) is 8.42 Å². The van der Waals surface area contributed by atoms with Gasteiger partial charge < -0.3 is 4.52 Å². The van der Waals surface area contributed by atoms with Crippen LogP contribution in [0.2, 0.25) is 0 Å². The Morgan fingerprint density at radius 2 is 2.00 bits per heavy atom. The maximum atomic E-state index is 12.1. The smallest absolute Gasteiger partial charge is 0.263 e. The first kappa shape index (κ1) is 13.1. The molecule has 1 heterocycles. The lowest BCUT2D eigenvalue weighted by Crippen LogP contribution is -2.14. The number of benzene rings is 1. The zero-order valence-electron chi connectivity index (χ0n) is 9.55. The van der Waals surface area contributed by atoms with Gasteiger partial charge in [-0.05, 0) is 19.1 Å². The number of rotatable bonds is 4. The fourth-order valence-corrected chi connectivity index (χ4v) is 3.12. The molecule has 0 unspecified atom stereocenters. The normalized spacial score (nSPS) is 11.4. The maximum Gasteiger partial charge on any atom is 0.263 e. The van der Waals surface area contributed by atoms with Gasteiger partial charge in [-0.3, -0.25) is 4.72 Å². The summed E-state index contributed by atoms with van der Waals surface area (Å²) in [6, 6.07) is 8.11. The first-order valence-electron chi connectivity index (χ1n) is 5.13. The first-order chi connectivity index (χ1) is 8.54. The Hall–Kier alpha value is -1.34. The van der Waals surface area contributed by atoms with E-state index in [-0.39, 0.29) is 10.7 Å². The monoisotopic (exact) mass is 330 g/mol. The van der Waals surface area contributed by atoms with Crippen molar-refractivity contribution in [3.63, 3.8) is 0 Å². The first-order valence-corrected chi connectivity index (χ1v) is 7.74. The van der Waals surface area contributed by atoms with Crippen molar-refractivity contribution < 1.29 is 12.9 Å². The summed E-state index contributed by atoms with van der Waals surface area (Å²) in [5.74, 6) is 0.797. The van der Waals surface area contributed by atoms with Gasteiger partial charge in [-0.1, -0.05) is 39.3 Å². The summed E-state index contributed by atoms with van der Waals surface area (Å²) in [4.78, 5) is 0.186. The van der Waals surface area contributed by atoms with Crippen molar-refractivity contribution >= 4 is 31.8 Å². The fourth-order valence-electron chi connectivity index (χ4n) is 1.41. The Morgan fingerprint density at radius 3 is 2.61 bits per heavy atom. The quantitative estimate of drug-likeness (QED) is 0.875. The molecule has 0 saturated heterocycles. The molecule has 0 fully saturated rings. The number of nitrogens with one attached hydrogen (secondary N) is 1. The maximum absolute atomic E-state index is 12.1. The highest BCUT2D eigenvalue weighted by molar-refractivity contribution is 9.08. The second kappa shape index (κ2) is 5.11. The molecule has 0 spiro atoms. The van der Waals surface area contributed by atoms with Crippen molar-refractivity contribution in [2.24, 2.45) is 0 Å². The largest absolute Gasteiger partial charge is 0.359 e. The molecule has 1 aromatic carbocycles. The standard InChI is InChI=1S/C11H11BrN2O3S/c1-8-10(7-12)11(13-17-8)14-18(15,16)9-5-3-2-4-6-9/h2-6H,7H2,1H3,(H,13,14). The fraction of sp³-hybridized carbons (Fsp3) is 0.182. The number of aryl methyl sites for hydroxylation is 1. The molecule has 0 amide bonds. The third-order valence-corrected chi connectivity index (χ3v) is 4.32. The average molecular weight is 331 g/mol. The van der Waals surface area contributed by atoms with E-state index in [1.165, 1.54) is 12.1 Å². The van der Waals surface area contributed by atoms with E-state index in [1.807, 2.05) is 0 Å². The van der Waals surface area contributed by atoms with Gasteiger partial charge in [-0.25, -0.2) is 8.42 Å². The number of aromatic nitrogens is 1. The number of alkyl halides is 1. The van der Waals surface area contributed by atoms with Crippen LogP contribution in [-0.4, -0.2) is 13.6 Å². The second-order valence-corrected chi connectivity index (χ2v) is 5.86. The van der Waals surface area contributed by atoms with Crippen molar-refractivity contribution in [3.05, 3.63) is 41.7 Å². The Labute approximate surface area is 113 Å². The van der Waals surface area contributed by atoms with Gasteiger partial charge in [0.15, 0.2) is 5.82 Å². The van der Waals surface area contributed by atoms with Gasteiger partial charge in [0.1, 0.15) is 5.76 Å². The van der Waals surface area contributed by atoms with Crippen LogP contribution in [0.1, 0.15) is 11.3 Å². The number of hydrogen-bond donors (Lipinski definition) is 1. The lowest BCUT2D eigenvalue weighted by atomic mass is 10.3. The summed E-state index contributed by atoms with van der Waals surface area (Å²) in [5.41, 5.74) is 0.689. The summed E-state index contributed by atoms with van der Waals surface area (Å²) in [6.45, 7) is 1.73. The highest BCUT2D eigenvalue weighted by atomic mass is 79.9. The average Bonchev–Trinajstić information content (AvgIpc) is 2.70. The van der Waals surface area contributed by atoms with E-state index in [1.54, 1.807) is 25.1 Å². The van der Waals surface area contributed by atoms with E-state index in [0.717, 1.165) is 0 Å². The SMILES string of the molecule is Cc1onc(NS(=O)(=O)c2ccccc2)c1CBr.